The summed E-state index contributed by atoms with van der Waals surface area (Å²) in [6.45, 7) is 8.80. The highest BCUT2D eigenvalue weighted by Crippen LogP contribution is 2.13. The molecule has 0 aliphatic rings. The van der Waals surface area contributed by atoms with Gasteiger partial charge in [0.15, 0.2) is 5.96 Å². The molecule has 0 fully saturated rings. The van der Waals surface area contributed by atoms with E-state index < -0.39 is 0 Å². The SMILES string of the molecule is CN=C(NCCCOCC(C)C)NCc1cccc(OCCCOC)c1. The fourth-order valence-corrected chi connectivity index (χ4v) is 2.24. The number of methoxy groups -OCH3 is 1. The van der Waals surface area contributed by atoms with E-state index in [0.29, 0.717) is 25.7 Å². The first kappa shape index (κ1) is 22.3. The largest absolute Gasteiger partial charge is 0.493 e. The number of ether oxygens (including phenoxy) is 3. The summed E-state index contributed by atoms with van der Waals surface area (Å²) in [5, 5.41) is 6.63. The lowest BCUT2D eigenvalue weighted by atomic mass is 10.2. The predicted octanol–water partition coefficient (Wildman–Crippen LogP) is 2.83. The van der Waals surface area contributed by atoms with E-state index in [4.69, 9.17) is 14.2 Å². The highest BCUT2D eigenvalue weighted by atomic mass is 16.5. The normalized spacial score (nSPS) is 11.7. The average Bonchev–Trinajstić information content (AvgIpc) is 2.64. The lowest BCUT2D eigenvalue weighted by molar-refractivity contribution is 0.108. The van der Waals surface area contributed by atoms with Gasteiger partial charge in [0.2, 0.25) is 0 Å². The Morgan fingerprint density at radius 3 is 2.69 bits per heavy atom. The molecule has 1 aromatic rings. The smallest absolute Gasteiger partial charge is 0.191 e. The zero-order valence-corrected chi connectivity index (χ0v) is 16.7. The van der Waals surface area contributed by atoms with E-state index >= 15 is 0 Å². The van der Waals surface area contributed by atoms with Crippen LogP contribution < -0.4 is 15.4 Å². The molecule has 0 saturated heterocycles. The van der Waals surface area contributed by atoms with Gasteiger partial charge in [-0.2, -0.15) is 0 Å². The van der Waals surface area contributed by atoms with Crippen LogP contribution in [0.25, 0.3) is 0 Å². The second-order valence-corrected chi connectivity index (χ2v) is 6.52. The highest BCUT2D eigenvalue weighted by Gasteiger charge is 2.01. The number of hydrogen-bond donors (Lipinski definition) is 2. The highest BCUT2D eigenvalue weighted by molar-refractivity contribution is 5.79. The molecule has 26 heavy (non-hydrogen) atoms. The number of rotatable bonds is 13. The summed E-state index contributed by atoms with van der Waals surface area (Å²) >= 11 is 0. The molecule has 0 atom stereocenters. The molecule has 1 rings (SSSR count). The quantitative estimate of drug-likeness (QED) is 0.320. The van der Waals surface area contributed by atoms with E-state index in [-0.39, 0.29) is 0 Å². The van der Waals surface area contributed by atoms with Crippen molar-refractivity contribution in [1.82, 2.24) is 10.6 Å². The maximum atomic E-state index is 5.73. The van der Waals surface area contributed by atoms with Gasteiger partial charge in [-0.3, -0.25) is 4.99 Å². The van der Waals surface area contributed by atoms with Crippen LogP contribution in [0.5, 0.6) is 5.75 Å². The van der Waals surface area contributed by atoms with Gasteiger partial charge in [-0.25, -0.2) is 0 Å². The molecule has 6 nitrogen and oxygen atoms in total. The minimum atomic E-state index is 0.581. The Morgan fingerprint density at radius 1 is 1.12 bits per heavy atom. The predicted molar refractivity (Wildman–Crippen MR) is 107 cm³/mol. The Morgan fingerprint density at radius 2 is 1.96 bits per heavy atom. The average molecular weight is 366 g/mol. The number of nitrogens with zero attached hydrogens (tertiary/aromatic N) is 1. The van der Waals surface area contributed by atoms with Gasteiger partial charge in [0.1, 0.15) is 5.75 Å². The summed E-state index contributed by atoms with van der Waals surface area (Å²) in [7, 11) is 3.48. The van der Waals surface area contributed by atoms with Crippen LogP contribution in [0, 0.1) is 5.92 Å². The van der Waals surface area contributed by atoms with Crippen LogP contribution in [0.1, 0.15) is 32.3 Å². The summed E-state index contributed by atoms with van der Waals surface area (Å²) in [5.41, 5.74) is 1.15. The molecule has 1 aromatic carbocycles. The van der Waals surface area contributed by atoms with E-state index in [0.717, 1.165) is 49.9 Å². The Hall–Kier alpha value is -1.79. The number of hydrogen-bond acceptors (Lipinski definition) is 4. The maximum Gasteiger partial charge on any atom is 0.191 e. The summed E-state index contributed by atoms with van der Waals surface area (Å²) in [5.74, 6) is 2.25. The van der Waals surface area contributed by atoms with Gasteiger partial charge in [0.25, 0.3) is 0 Å². The Balaban J connectivity index is 2.26. The Bertz CT molecular complexity index is 507. The third kappa shape index (κ3) is 10.9. The third-order valence-corrected chi connectivity index (χ3v) is 3.55. The maximum absolute atomic E-state index is 5.73. The topological polar surface area (TPSA) is 64.1 Å². The van der Waals surface area contributed by atoms with Crippen LogP contribution in [0.3, 0.4) is 0 Å². The van der Waals surface area contributed by atoms with E-state index in [1.165, 1.54) is 0 Å². The number of aliphatic imine (C=N–C) groups is 1. The van der Waals surface area contributed by atoms with Crippen molar-refractivity contribution in [2.45, 2.75) is 33.2 Å². The van der Waals surface area contributed by atoms with Crippen molar-refractivity contribution in [3.8, 4) is 5.75 Å². The van der Waals surface area contributed by atoms with Gasteiger partial charge in [-0.1, -0.05) is 26.0 Å². The zero-order valence-electron chi connectivity index (χ0n) is 16.7. The van der Waals surface area contributed by atoms with Crippen molar-refractivity contribution in [3.63, 3.8) is 0 Å². The number of nitrogens with one attached hydrogen (secondary N) is 2. The van der Waals surface area contributed by atoms with Crippen LogP contribution >= 0.6 is 0 Å². The molecular weight excluding hydrogens is 330 g/mol. The molecule has 0 saturated carbocycles. The monoisotopic (exact) mass is 365 g/mol. The van der Waals surface area contributed by atoms with Gasteiger partial charge in [0.05, 0.1) is 6.61 Å². The molecule has 0 bridgehead atoms. The minimum Gasteiger partial charge on any atom is -0.493 e. The van der Waals surface area contributed by atoms with Gasteiger partial charge < -0.3 is 24.8 Å². The molecule has 6 heteroatoms. The van der Waals surface area contributed by atoms with Crippen LogP contribution in [0.4, 0.5) is 0 Å². The molecule has 0 radical (unpaired) electrons. The second-order valence-electron chi connectivity index (χ2n) is 6.52. The molecule has 148 valence electrons. The molecule has 0 aliphatic heterocycles. The van der Waals surface area contributed by atoms with Crippen molar-refractivity contribution in [2.24, 2.45) is 10.9 Å². The van der Waals surface area contributed by atoms with E-state index in [9.17, 15) is 0 Å². The lowest BCUT2D eigenvalue weighted by Gasteiger charge is -2.13. The van der Waals surface area contributed by atoms with Gasteiger partial charge in [-0.15, -0.1) is 0 Å². The van der Waals surface area contributed by atoms with Crippen molar-refractivity contribution < 1.29 is 14.2 Å². The first-order valence-electron chi connectivity index (χ1n) is 9.38. The fraction of sp³-hybridized carbons (Fsp3) is 0.650. The molecule has 0 aromatic heterocycles. The molecule has 2 N–H and O–H groups in total. The van der Waals surface area contributed by atoms with Gasteiger partial charge in [-0.05, 0) is 30.0 Å². The third-order valence-electron chi connectivity index (χ3n) is 3.55. The Labute approximate surface area is 158 Å². The van der Waals surface area contributed by atoms with Crippen molar-refractivity contribution >= 4 is 5.96 Å². The van der Waals surface area contributed by atoms with E-state index in [2.05, 4.69) is 35.5 Å². The van der Waals surface area contributed by atoms with Crippen molar-refractivity contribution in [1.29, 1.82) is 0 Å². The first-order valence-corrected chi connectivity index (χ1v) is 9.38. The zero-order chi connectivity index (χ0) is 19.0. The van der Waals surface area contributed by atoms with Crippen molar-refractivity contribution in [2.75, 3.05) is 47.1 Å². The summed E-state index contributed by atoms with van der Waals surface area (Å²) < 4.78 is 16.3. The standard InChI is InChI=1S/C20H35N3O3/c1-17(2)16-25-12-6-10-22-20(21-3)23-15-18-8-5-9-19(14-18)26-13-7-11-24-4/h5,8-9,14,17H,6-7,10-13,15-16H2,1-4H3,(H2,21,22,23). The molecular formula is C20H35N3O3. The van der Waals surface area contributed by atoms with Gasteiger partial charge >= 0.3 is 0 Å². The van der Waals surface area contributed by atoms with Crippen molar-refractivity contribution in [3.05, 3.63) is 29.8 Å². The van der Waals surface area contributed by atoms with E-state index in [1.54, 1.807) is 14.2 Å². The van der Waals surface area contributed by atoms with Crippen LogP contribution in [-0.2, 0) is 16.0 Å². The molecule has 0 heterocycles. The molecule has 0 unspecified atom stereocenters. The Kier molecular flexibility index (Phi) is 12.3. The van der Waals surface area contributed by atoms with Crippen LogP contribution in [-0.4, -0.2) is 53.1 Å². The van der Waals surface area contributed by atoms with Crippen LogP contribution in [0.2, 0.25) is 0 Å². The summed E-state index contributed by atoms with van der Waals surface area (Å²) in [4.78, 5) is 4.25. The lowest BCUT2D eigenvalue weighted by Crippen LogP contribution is -2.37. The number of guanidine groups is 1. The minimum absolute atomic E-state index is 0.581. The number of benzene rings is 1. The molecule has 0 aliphatic carbocycles. The first-order chi connectivity index (χ1) is 12.7. The molecule has 0 spiro atoms. The van der Waals surface area contributed by atoms with Gasteiger partial charge in [0, 0.05) is 53.5 Å². The fourth-order valence-electron chi connectivity index (χ4n) is 2.24. The summed E-state index contributed by atoms with van der Waals surface area (Å²) in [6, 6.07) is 8.10. The van der Waals surface area contributed by atoms with E-state index in [1.807, 2.05) is 18.2 Å². The second kappa shape index (κ2) is 14.4. The van der Waals surface area contributed by atoms with Crippen LogP contribution in [0.15, 0.2) is 29.3 Å². The molecule has 0 amide bonds. The summed E-state index contributed by atoms with van der Waals surface area (Å²) in [6.07, 6.45) is 1.84.